The summed E-state index contributed by atoms with van der Waals surface area (Å²) in [5.41, 5.74) is 5.11. The van der Waals surface area contributed by atoms with Gasteiger partial charge >= 0.3 is 0 Å². The third kappa shape index (κ3) is 7.62. The Morgan fingerprint density at radius 2 is 1.02 bits per heavy atom. The lowest BCUT2D eigenvalue weighted by Gasteiger charge is -2.15. The van der Waals surface area contributed by atoms with Gasteiger partial charge in [-0.2, -0.15) is 0 Å². The van der Waals surface area contributed by atoms with E-state index in [4.69, 9.17) is 28.9 Å². The van der Waals surface area contributed by atoms with E-state index in [1.165, 1.54) is 0 Å². The summed E-state index contributed by atoms with van der Waals surface area (Å²) in [5.74, 6) is 4.40. The molecule has 3 aromatic carbocycles. The van der Waals surface area contributed by atoms with Crippen molar-refractivity contribution in [3.8, 4) is 45.8 Å². The van der Waals surface area contributed by atoms with Crippen LogP contribution >= 0.6 is 0 Å². The number of nitrogens with zero attached hydrogens (tertiary/aromatic N) is 4. The SMILES string of the molecule is CCOc1cc(-c2nc3ccc(OCCCN(C)C)cc3[nH]2)c(OCC)cc1-c1nc2ccc(OCCCN(C)C)cc2[nH]1. The molecule has 0 spiro atoms. The molecule has 0 saturated carbocycles. The number of nitrogens with one attached hydrogen (secondary N) is 2. The monoisotopic (exact) mass is 600 g/mol. The Kier molecular flexibility index (Phi) is 10.2. The van der Waals surface area contributed by atoms with Gasteiger partial charge in [-0.15, -0.1) is 0 Å². The van der Waals surface area contributed by atoms with Gasteiger partial charge in [-0.05, 0) is 91.3 Å². The molecule has 0 unspecified atom stereocenters. The Morgan fingerprint density at radius 3 is 1.41 bits per heavy atom. The van der Waals surface area contributed by atoms with E-state index in [9.17, 15) is 0 Å². The lowest BCUT2D eigenvalue weighted by Crippen LogP contribution is -2.15. The number of aromatic nitrogens is 4. The van der Waals surface area contributed by atoms with Gasteiger partial charge in [-0.1, -0.05) is 0 Å². The minimum atomic E-state index is 0.500. The van der Waals surface area contributed by atoms with E-state index >= 15 is 0 Å². The first-order chi connectivity index (χ1) is 21.3. The van der Waals surface area contributed by atoms with Gasteiger partial charge in [0.25, 0.3) is 0 Å². The third-order valence-electron chi connectivity index (χ3n) is 7.14. The maximum atomic E-state index is 6.15. The molecule has 2 aromatic heterocycles. The normalized spacial score (nSPS) is 11.6. The lowest BCUT2D eigenvalue weighted by molar-refractivity contribution is 0.282. The molecule has 0 fully saturated rings. The predicted molar refractivity (Wildman–Crippen MR) is 176 cm³/mol. The average molecular weight is 601 g/mol. The van der Waals surface area contributed by atoms with Crippen molar-refractivity contribution in [3.63, 3.8) is 0 Å². The molecule has 0 bridgehead atoms. The van der Waals surface area contributed by atoms with Crippen molar-refractivity contribution in [3.05, 3.63) is 48.5 Å². The van der Waals surface area contributed by atoms with Crippen LogP contribution in [-0.2, 0) is 0 Å². The van der Waals surface area contributed by atoms with E-state index in [0.29, 0.717) is 49.6 Å². The van der Waals surface area contributed by atoms with E-state index in [1.54, 1.807) is 0 Å². The molecule has 5 rings (SSSR count). The summed E-state index contributed by atoms with van der Waals surface area (Å²) in [5, 5.41) is 0. The molecule has 5 aromatic rings. The molecule has 0 aliphatic heterocycles. The number of rotatable bonds is 16. The van der Waals surface area contributed by atoms with Crippen LogP contribution in [-0.4, -0.2) is 97.4 Å². The zero-order valence-corrected chi connectivity index (χ0v) is 26.7. The van der Waals surface area contributed by atoms with Crippen molar-refractivity contribution in [1.82, 2.24) is 29.7 Å². The molecule has 0 saturated heterocycles. The van der Waals surface area contributed by atoms with Crippen LogP contribution < -0.4 is 18.9 Å². The highest BCUT2D eigenvalue weighted by Crippen LogP contribution is 2.41. The molecule has 10 nitrogen and oxygen atoms in total. The van der Waals surface area contributed by atoms with Crippen molar-refractivity contribution in [2.24, 2.45) is 0 Å². The van der Waals surface area contributed by atoms with E-state index < -0.39 is 0 Å². The maximum Gasteiger partial charge on any atom is 0.142 e. The van der Waals surface area contributed by atoms with Crippen LogP contribution in [0.3, 0.4) is 0 Å². The molecular formula is C34H44N6O4. The average Bonchev–Trinajstić information content (AvgIpc) is 3.62. The Morgan fingerprint density at radius 1 is 0.591 bits per heavy atom. The molecule has 2 heterocycles. The molecule has 2 N–H and O–H groups in total. The van der Waals surface area contributed by atoms with Gasteiger partial charge in [0.05, 0.1) is 59.6 Å². The lowest BCUT2D eigenvalue weighted by atomic mass is 10.1. The summed E-state index contributed by atoms with van der Waals surface area (Å²) >= 11 is 0. The molecule has 0 amide bonds. The van der Waals surface area contributed by atoms with Gasteiger partial charge in [0.15, 0.2) is 0 Å². The third-order valence-corrected chi connectivity index (χ3v) is 7.14. The molecular weight excluding hydrogens is 556 g/mol. The van der Waals surface area contributed by atoms with Crippen LogP contribution in [0.2, 0.25) is 0 Å². The number of imidazole rings is 2. The second kappa shape index (κ2) is 14.5. The van der Waals surface area contributed by atoms with Crippen molar-refractivity contribution in [2.75, 3.05) is 67.7 Å². The molecule has 10 heteroatoms. The van der Waals surface area contributed by atoms with E-state index in [2.05, 4.69) is 48.0 Å². The van der Waals surface area contributed by atoms with Crippen LogP contribution in [0, 0.1) is 0 Å². The predicted octanol–water partition coefficient (Wildman–Crippen LogP) is 6.23. The minimum Gasteiger partial charge on any atom is -0.493 e. The summed E-state index contributed by atoms with van der Waals surface area (Å²) in [7, 11) is 8.26. The Hall–Kier alpha value is -4.28. The van der Waals surface area contributed by atoms with Crippen LogP contribution in [0.1, 0.15) is 26.7 Å². The largest absolute Gasteiger partial charge is 0.493 e. The number of fused-ring (bicyclic) bond motifs is 2. The second-order valence-corrected chi connectivity index (χ2v) is 11.2. The van der Waals surface area contributed by atoms with Crippen LogP contribution in [0.25, 0.3) is 44.8 Å². The van der Waals surface area contributed by atoms with Crippen molar-refractivity contribution in [2.45, 2.75) is 26.7 Å². The number of benzene rings is 3. The van der Waals surface area contributed by atoms with Crippen molar-refractivity contribution >= 4 is 22.1 Å². The van der Waals surface area contributed by atoms with E-state index in [1.807, 2.05) is 62.4 Å². The zero-order valence-electron chi connectivity index (χ0n) is 26.7. The van der Waals surface area contributed by atoms with Crippen molar-refractivity contribution in [1.29, 1.82) is 0 Å². The van der Waals surface area contributed by atoms with Gasteiger partial charge in [0.2, 0.25) is 0 Å². The standard InChI is InChI=1S/C34H44N6O4/c1-7-41-31-21-26(34-36-28-14-12-24(20-30(28)38-34)44-18-10-16-40(5)6)32(42-8-2)22-25(31)33-35-27-13-11-23(19-29(27)37-33)43-17-9-15-39(3)4/h11-14,19-22H,7-10,15-18H2,1-6H3,(H,35,37)(H,36,38). The number of ether oxygens (including phenoxy) is 4. The molecule has 0 radical (unpaired) electrons. The smallest absolute Gasteiger partial charge is 0.142 e. The molecule has 44 heavy (non-hydrogen) atoms. The topological polar surface area (TPSA) is 101 Å². The van der Waals surface area contributed by atoms with Crippen LogP contribution in [0.15, 0.2) is 48.5 Å². The summed E-state index contributed by atoms with van der Waals surface area (Å²) < 4.78 is 24.3. The van der Waals surface area contributed by atoms with Crippen LogP contribution in [0.4, 0.5) is 0 Å². The fourth-order valence-electron chi connectivity index (χ4n) is 5.03. The van der Waals surface area contributed by atoms with Gasteiger partial charge in [-0.25, -0.2) is 9.97 Å². The molecule has 0 aliphatic rings. The zero-order chi connectivity index (χ0) is 31.1. The van der Waals surface area contributed by atoms with E-state index in [-0.39, 0.29) is 0 Å². The highest BCUT2D eigenvalue weighted by molar-refractivity contribution is 5.86. The summed E-state index contributed by atoms with van der Waals surface area (Å²) in [6, 6.07) is 15.8. The maximum absolute atomic E-state index is 6.15. The van der Waals surface area contributed by atoms with Gasteiger partial charge in [-0.3, -0.25) is 0 Å². The minimum absolute atomic E-state index is 0.500. The van der Waals surface area contributed by atoms with Crippen molar-refractivity contribution < 1.29 is 18.9 Å². The first-order valence-electron chi connectivity index (χ1n) is 15.3. The summed E-state index contributed by atoms with van der Waals surface area (Å²) in [6.45, 7) is 8.22. The van der Waals surface area contributed by atoms with Crippen LogP contribution in [0.5, 0.6) is 23.0 Å². The Labute approximate surface area is 259 Å². The quantitative estimate of drug-likeness (QED) is 0.129. The number of hydrogen-bond donors (Lipinski definition) is 2. The Balaban J connectivity index is 1.44. The first kappa shape index (κ1) is 31.2. The Bertz CT molecular complexity index is 1550. The highest BCUT2D eigenvalue weighted by Gasteiger charge is 2.20. The van der Waals surface area contributed by atoms with Gasteiger partial charge < -0.3 is 38.7 Å². The fraction of sp³-hybridized carbons (Fsp3) is 0.412. The summed E-state index contributed by atoms with van der Waals surface area (Å²) in [4.78, 5) is 21.0. The fourth-order valence-corrected chi connectivity index (χ4v) is 5.03. The number of aromatic amines is 2. The summed E-state index contributed by atoms with van der Waals surface area (Å²) in [6.07, 6.45) is 1.92. The highest BCUT2D eigenvalue weighted by atomic mass is 16.5. The first-order valence-corrected chi connectivity index (χ1v) is 15.3. The van der Waals surface area contributed by atoms with Gasteiger partial charge in [0.1, 0.15) is 34.6 Å². The molecule has 234 valence electrons. The van der Waals surface area contributed by atoms with Gasteiger partial charge in [0, 0.05) is 25.2 Å². The number of H-pyrrole nitrogens is 2. The molecule has 0 atom stereocenters. The second-order valence-electron chi connectivity index (χ2n) is 11.2. The molecule has 0 aliphatic carbocycles. The number of hydrogen-bond acceptors (Lipinski definition) is 8. The van der Waals surface area contributed by atoms with E-state index in [0.717, 1.165) is 70.6 Å².